The van der Waals surface area contributed by atoms with Crippen LogP contribution in [0.4, 0.5) is 0 Å². The number of hydrogen-bond donors (Lipinski definition) is 3. The largest absolute Gasteiger partial charge is 0.463 e. The molecule has 28 heavy (non-hydrogen) atoms. The molecule has 0 unspecified atom stereocenters. The average molecular weight is 389 g/mol. The zero-order valence-corrected chi connectivity index (χ0v) is 15.6. The zero-order chi connectivity index (χ0) is 20.3. The molecule has 3 rings (SSSR count). The number of aliphatic hydroxyl groups is 2. The molecule has 3 N–H and O–H groups in total. The van der Waals surface area contributed by atoms with E-state index >= 15 is 0 Å². The van der Waals surface area contributed by atoms with Gasteiger partial charge in [0, 0.05) is 13.8 Å². The number of carbonyl (C=O) groups is 2. The summed E-state index contributed by atoms with van der Waals surface area (Å²) < 4.78 is 16.8. The van der Waals surface area contributed by atoms with Gasteiger partial charge in [0.05, 0.1) is 6.61 Å². The fourth-order valence-corrected chi connectivity index (χ4v) is 3.26. The van der Waals surface area contributed by atoms with Gasteiger partial charge in [0.25, 0.3) is 0 Å². The molecule has 0 radical (unpaired) electrons. The van der Waals surface area contributed by atoms with Crippen LogP contribution in [0.5, 0.6) is 5.75 Å². The number of esters is 1. The molecule has 1 aliphatic heterocycles. The predicted molar refractivity (Wildman–Crippen MR) is 99.5 cm³/mol. The molecule has 0 spiro atoms. The van der Waals surface area contributed by atoms with E-state index in [0.29, 0.717) is 5.75 Å². The molecule has 1 amide bonds. The Kier molecular flexibility index (Phi) is 6.13. The van der Waals surface area contributed by atoms with Crippen LogP contribution in [0, 0.1) is 0 Å². The molecule has 1 aliphatic rings. The quantitative estimate of drug-likeness (QED) is 0.646. The Bertz CT molecular complexity index is 855. The third-order valence-corrected chi connectivity index (χ3v) is 4.50. The van der Waals surface area contributed by atoms with Crippen LogP contribution in [-0.2, 0) is 19.1 Å². The molecule has 1 saturated heterocycles. The summed E-state index contributed by atoms with van der Waals surface area (Å²) >= 11 is 0. The first kappa shape index (κ1) is 20.1. The van der Waals surface area contributed by atoms with E-state index in [1.165, 1.54) is 13.8 Å². The van der Waals surface area contributed by atoms with Crippen molar-refractivity contribution in [3.05, 3.63) is 42.5 Å². The molecule has 8 heteroatoms. The highest BCUT2D eigenvalue weighted by molar-refractivity contribution is 5.83. The molecule has 0 aliphatic carbocycles. The van der Waals surface area contributed by atoms with Gasteiger partial charge in [0.15, 0.2) is 6.10 Å². The van der Waals surface area contributed by atoms with Gasteiger partial charge in [-0.1, -0.05) is 30.3 Å². The first-order valence-corrected chi connectivity index (χ1v) is 8.93. The summed E-state index contributed by atoms with van der Waals surface area (Å²) in [5.74, 6) is -0.580. The van der Waals surface area contributed by atoms with E-state index < -0.39 is 49.1 Å². The summed E-state index contributed by atoms with van der Waals surface area (Å²) in [4.78, 5) is 23.2. The SMILES string of the molecule is CC(=O)N[C@@H]1[C@@H](Oc2ccc3ccccc3c2)O[C@@H](CO)[C@@H](O)[C@H]1OC(C)=O. The number of aliphatic hydroxyl groups excluding tert-OH is 2. The van der Waals surface area contributed by atoms with E-state index in [4.69, 9.17) is 14.2 Å². The van der Waals surface area contributed by atoms with Crippen LogP contribution >= 0.6 is 0 Å². The van der Waals surface area contributed by atoms with E-state index in [1.807, 2.05) is 36.4 Å². The van der Waals surface area contributed by atoms with Crippen molar-refractivity contribution in [2.75, 3.05) is 6.61 Å². The molecular weight excluding hydrogens is 366 g/mol. The topological polar surface area (TPSA) is 114 Å². The second-order valence-corrected chi connectivity index (χ2v) is 6.64. The molecule has 1 fully saturated rings. The van der Waals surface area contributed by atoms with Crippen LogP contribution in [0.3, 0.4) is 0 Å². The third-order valence-electron chi connectivity index (χ3n) is 4.50. The molecule has 0 bridgehead atoms. The van der Waals surface area contributed by atoms with Crippen LogP contribution in [-0.4, -0.2) is 59.3 Å². The molecule has 150 valence electrons. The van der Waals surface area contributed by atoms with Crippen LogP contribution in [0.1, 0.15) is 13.8 Å². The number of rotatable bonds is 5. The minimum absolute atomic E-state index is 0.410. The van der Waals surface area contributed by atoms with Gasteiger partial charge < -0.3 is 29.7 Å². The first-order valence-electron chi connectivity index (χ1n) is 8.93. The van der Waals surface area contributed by atoms with Crippen molar-refractivity contribution in [1.29, 1.82) is 0 Å². The number of carbonyl (C=O) groups excluding carboxylic acids is 2. The zero-order valence-electron chi connectivity index (χ0n) is 15.6. The highest BCUT2D eigenvalue weighted by atomic mass is 16.7. The van der Waals surface area contributed by atoms with E-state index in [1.54, 1.807) is 6.07 Å². The van der Waals surface area contributed by atoms with E-state index in [2.05, 4.69) is 5.32 Å². The van der Waals surface area contributed by atoms with Gasteiger partial charge in [-0.25, -0.2) is 0 Å². The summed E-state index contributed by atoms with van der Waals surface area (Å²) in [6, 6.07) is 12.2. The number of fused-ring (bicyclic) bond motifs is 1. The van der Waals surface area contributed by atoms with Crippen molar-refractivity contribution in [2.24, 2.45) is 0 Å². The maximum Gasteiger partial charge on any atom is 0.303 e. The number of benzene rings is 2. The van der Waals surface area contributed by atoms with Gasteiger partial charge in [-0.05, 0) is 22.9 Å². The normalized spacial score (nSPS) is 27.2. The molecular formula is C20H23NO7. The van der Waals surface area contributed by atoms with Crippen molar-refractivity contribution in [1.82, 2.24) is 5.32 Å². The molecule has 8 nitrogen and oxygen atoms in total. The fraction of sp³-hybridized carbons (Fsp3) is 0.400. The number of amides is 1. The van der Waals surface area contributed by atoms with Crippen LogP contribution in [0.25, 0.3) is 10.8 Å². The summed E-state index contributed by atoms with van der Waals surface area (Å²) in [6.45, 7) is 1.98. The Hall–Kier alpha value is -2.68. The first-order chi connectivity index (χ1) is 13.4. The second-order valence-electron chi connectivity index (χ2n) is 6.64. The lowest BCUT2D eigenvalue weighted by molar-refractivity contribution is -0.249. The lowest BCUT2D eigenvalue weighted by Gasteiger charge is -2.43. The van der Waals surface area contributed by atoms with Gasteiger partial charge in [0.1, 0.15) is 24.0 Å². The molecule has 0 saturated carbocycles. The minimum atomic E-state index is -1.33. The van der Waals surface area contributed by atoms with Gasteiger partial charge in [-0.2, -0.15) is 0 Å². The van der Waals surface area contributed by atoms with Gasteiger partial charge in [-0.15, -0.1) is 0 Å². The summed E-state index contributed by atoms with van der Waals surface area (Å²) in [6.07, 6.45) is -4.60. The van der Waals surface area contributed by atoms with E-state index in [-0.39, 0.29) is 0 Å². The fourth-order valence-electron chi connectivity index (χ4n) is 3.26. The van der Waals surface area contributed by atoms with Crippen molar-refractivity contribution in [3.8, 4) is 5.75 Å². The third kappa shape index (κ3) is 4.41. The maximum absolute atomic E-state index is 11.7. The molecule has 1 heterocycles. The van der Waals surface area contributed by atoms with Crippen LogP contribution < -0.4 is 10.1 Å². The van der Waals surface area contributed by atoms with Crippen molar-refractivity contribution in [3.63, 3.8) is 0 Å². The number of ether oxygens (including phenoxy) is 3. The van der Waals surface area contributed by atoms with E-state index in [0.717, 1.165) is 10.8 Å². The minimum Gasteiger partial charge on any atom is -0.463 e. The maximum atomic E-state index is 11.7. The van der Waals surface area contributed by atoms with E-state index in [9.17, 15) is 19.8 Å². The smallest absolute Gasteiger partial charge is 0.303 e. The molecule has 5 atom stereocenters. The van der Waals surface area contributed by atoms with Gasteiger partial charge in [-0.3, -0.25) is 9.59 Å². The van der Waals surface area contributed by atoms with Crippen molar-refractivity contribution in [2.45, 2.75) is 44.5 Å². The molecule has 0 aromatic heterocycles. The van der Waals surface area contributed by atoms with Gasteiger partial charge in [0.2, 0.25) is 12.2 Å². The second kappa shape index (κ2) is 8.55. The van der Waals surface area contributed by atoms with Gasteiger partial charge >= 0.3 is 5.97 Å². The van der Waals surface area contributed by atoms with Crippen molar-refractivity contribution >= 4 is 22.6 Å². The lowest BCUT2D eigenvalue weighted by Crippen LogP contribution is -2.66. The Morgan fingerprint density at radius 1 is 1.14 bits per heavy atom. The Labute approximate surface area is 162 Å². The Morgan fingerprint density at radius 3 is 2.50 bits per heavy atom. The highest BCUT2D eigenvalue weighted by Gasteiger charge is 2.48. The number of hydrogen-bond acceptors (Lipinski definition) is 7. The number of nitrogens with one attached hydrogen (secondary N) is 1. The Morgan fingerprint density at radius 2 is 1.86 bits per heavy atom. The predicted octanol–water partition coefficient (Wildman–Crippen LogP) is 0.733. The monoisotopic (exact) mass is 389 g/mol. The summed E-state index contributed by atoms with van der Waals surface area (Å²) in [5.41, 5.74) is 0. The highest BCUT2D eigenvalue weighted by Crippen LogP contribution is 2.28. The molecule has 2 aromatic carbocycles. The molecule has 2 aromatic rings. The average Bonchev–Trinajstić information content (AvgIpc) is 2.66. The lowest BCUT2D eigenvalue weighted by atomic mass is 9.96. The summed E-state index contributed by atoms with van der Waals surface area (Å²) in [5, 5.41) is 24.5. The van der Waals surface area contributed by atoms with Crippen molar-refractivity contribution < 1.29 is 34.0 Å². The summed E-state index contributed by atoms with van der Waals surface area (Å²) in [7, 11) is 0. The Balaban J connectivity index is 1.91. The van der Waals surface area contributed by atoms with Crippen LogP contribution in [0.15, 0.2) is 42.5 Å². The van der Waals surface area contributed by atoms with Crippen LogP contribution in [0.2, 0.25) is 0 Å². The standard InChI is InChI=1S/C20H23NO7/c1-11(23)21-17-19(26-12(2)24)18(25)16(10-22)28-20(17)27-15-8-7-13-5-3-4-6-14(13)9-15/h3-9,16-20,22,25H,10H2,1-2H3,(H,21,23)/t16-,17-,18+,19-,20-/m0/s1.